The van der Waals surface area contributed by atoms with Crippen LogP contribution in [-0.4, -0.2) is 18.2 Å². The highest BCUT2D eigenvalue weighted by molar-refractivity contribution is 9.10. The number of ether oxygens (including phenoxy) is 1. The van der Waals surface area contributed by atoms with E-state index in [-0.39, 0.29) is 5.54 Å². The highest BCUT2D eigenvalue weighted by Crippen LogP contribution is 2.23. The fourth-order valence-corrected chi connectivity index (χ4v) is 2.16. The highest BCUT2D eigenvalue weighted by Gasteiger charge is 2.31. The Morgan fingerprint density at radius 1 is 1.33 bits per heavy atom. The molecule has 0 aliphatic carbocycles. The Morgan fingerprint density at radius 3 is 2.53 bits per heavy atom. The van der Waals surface area contributed by atoms with Crippen LogP contribution >= 0.6 is 15.9 Å². The summed E-state index contributed by atoms with van der Waals surface area (Å²) in [6, 6.07) is 8.00. The summed E-state index contributed by atoms with van der Waals surface area (Å²) < 4.78 is 6.97. The van der Waals surface area contributed by atoms with Crippen LogP contribution in [0.25, 0.3) is 0 Å². The summed E-state index contributed by atoms with van der Waals surface area (Å²) in [7, 11) is 0. The first-order valence-corrected chi connectivity index (χ1v) is 6.02. The molecule has 1 saturated heterocycles. The lowest BCUT2D eigenvalue weighted by atomic mass is 10.0. The summed E-state index contributed by atoms with van der Waals surface area (Å²) in [6.45, 7) is 5.35. The first kappa shape index (κ1) is 11.0. The maximum atomic E-state index is 5.88. The smallest absolute Gasteiger partial charge is 0.119 e. The minimum atomic E-state index is 0.208. The van der Waals surface area contributed by atoms with Gasteiger partial charge in [-0.1, -0.05) is 15.9 Å². The monoisotopic (exact) mass is 269 g/mol. The van der Waals surface area contributed by atoms with Crippen molar-refractivity contribution in [1.82, 2.24) is 5.32 Å². The second-order valence-electron chi connectivity index (χ2n) is 4.66. The first-order valence-electron chi connectivity index (χ1n) is 5.22. The van der Waals surface area contributed by atoms with Gasteiger partial charge in [0.2, 0.25) is 0 Å². The van der Waals surface area contributed by atoms with Crippen molar-refractivity contribution in [3.8, 4) is 5.75 Å². The molecule has 0 spiro atoms. The first-order chi connectivity index (χ1) is 7.05. The standard InChI is InChI=1S/C12H16BrNO/c1-12(2)7-11(8-14-12)15-10-5-3-9(13)4-6-10/h3-6,11,14H,7-8H2,1-2H3. The van der Waals surface area contributed by atoms with E-state index in [4.69, 9.17) is 4.74 Å². The minimum Gasteiger partial charge on any atom is -0.489 e. The Kier molecular flexibility index (Phi) is 3.03. The molecule has 82 valence electrons. The zero-order valence-corrected chi connectivity index (χ0v) is 10.7. The van der Waals surface area contributed by atoms with Crippen molar-refractivity contribution in [1.29, 1.82) is 0 Å². The molecule has 0 bridgehead atoms. The van der Waals surface area contributed by atoms with Gasteiger partial charge in [0.1, 0.15) is 11.9 Å². The average Bonchev–Trinajstić information content (AvgIpc) is 2.50. The number of benzene rings is 1. The van der Waals surface area contributed by atoms with Gasteiger partial charge in [-0.25, -0.2) is 0 Å². The molecule has 0 radical (unpaired) electrons. The second kappa shape index (κ2) is 4.14. The Hall–Kier alpha value is -0.540. The summed E-state index contributed by atoms with van der Waals surface area (Å²) in [4.78, 5) is 0. The molecule has 1 aromatic carbocycles. The highest BCUT2D eigenvalue weighted by atomic mass is 79.9. The molecule has 2 rings (SSSR count). The molecular weight excluding hydrogens is 254 g/mol. The van der Waals surface area contributed by atoms with Gasteiger partial charge in [0.15, 0.2) is 0 Å². The van der Waals surface area contributed by atoms with Crippen LogP contribution in [0.15, 0.2) is 28.7 Å². The van der Waals surface area contributed by atoms with Crippen molar-refractivity contribution in [2.24, 2.45) is 0 Å². The summed E-state index contributed by atoms with van der Waals surface area (Å²) in [5, 5.41) is 3.44. The zero-order chi connectivity index (χ0) is 10.9. The third-order valence-corrected chi connectivity index (χ3v) is 3.19. The molecule has 1 heterocycles. The Labute approximate surface area is 99.1 Å². The molecule has 1 fully saturated rings. The summed E-state index contributed by atoms with van der Waals surface area (Å²) in [5.41, 5.74) is 0.208. The van der Waals surface area contributed by atoms with Crippen LogP contribution in [-0.2, 0) is 0 Å². The van der Waals surface area contributed by atoms with Crippen LogP contribution < -0.4 is 10.1 Å². The molecule has 1 unspecified atom stereocenters. The van der Waals surface area contributed by atoms with Crippen LogP contribution in [0.4, 0.5) is 0 Å². The van der Waals surface area contributed by atoms with E-state index in [1.54, 1.807) is 0 Å². The van der Waals surface area contributed by atoms with E-state index in [1.807, 2.05) is 24.3 Å². The Bertz CT molecular complexity index is 334. The topological polar surface area (TPSA) is 21.3 Å². The van der Waals surface area contributed by atoms with Gasteiger partial charge in [0.05, 0.1) is 0 Å². The van der Waals surface area contributed by atoms with E-state index < -0.39 is 0 Å². The van der Waals surface area contributed by atoms with Gasteiger partial charge >= 0.3 is 0 Å². The van der Waals surface area contributed by atoms with E-state index in [1.165, 1.54) is 0 Å². The molecule has 0 amide bonds. The maximum absolute atomic E-state index is 5.88. The fourth-order valence-electron chi connectivity index (χ4n) is 1.89. The van der Waals surface area contributed by atoms with Crippen LogP contribution in [0, 0.1) is 0 Å². The fraction of sp³-hybridized carbons (Fsp3) is 0.500. The molecular formula is C12H16BrNO. The van der Waals surface area contributed by atoms with E-state index in [9.17, 15) is 0 Å². The third kappa shape index (κ3) is 2.95. The van der Waals surface area contributed by atoms with E-state index in [2.05, 4.69) is 35.1 Å². The summed E-state index contributed by atoms with van der Waals surface area (Å²) in [5.74, 6) is 0.947. The number of hydrogen-bond acceptors (Lipinski definition) is 2. The number of hydrogen-bond donors (Lipinski definition) is 1. The molecule has 3 heteroatoms. The number of nitrogens with one attached hydrogen (secondary N) is 1. The van der Waals surface area contributed by atoms with Crippen molar-refractivity contribution < 1.29 is 4.74 Å². The normalized spacial score (nSPS) is 24.1. The van der Waals surface area contributed by atoms with Crippen molar-refractivity contribution in [3.63, 3.8) is 0 Å². The third-order valence-electron chi connectivity index (χ3n) is 2.66. The Morgan fingerprint density at radius 2 is 2.00 bits per heavy atom. The van der Waals surface area contributed by atoms with Crippen molar-refractivity contribution in [3.05, 3.63) is 28.7 Å². The summed E-state index contributed by atoms with van der Waals surface area (Å²) >= 11 is 3.41. The predicted molar refractivity (Wildman–Crippen MR) is 65.3 cm³/mol. The zero-order valence-electron chi connectivity index (χ0n) is 9.09. The largest absolute Gasteiger partial charge is 0.489 e. The molecule has 2 nitrogen and oxygen atoms in total. The molecule has 1 aromatic rings. The summed E-state index contributed by atoms with van der Waals surface area (Å²) in [6.07, 6.45) is 1.35. The van der Waals surface area contributed by atoms with Gasteiger partial charge in [-0.3, -0.25) is 0 Å². The van der Waals surface area contributed by atoms with E-state index in [0.717, 1.165) is 23.2 Å². The van der Waals surface area contributed by atoms with Gasteiger partial charge in [0, 0.05) is 23.0 Å². The van der Waals surface area contributed by atoms with Crippen molar-refractivity contribution >= 4 is 15.9 Å². The molecule has 1 aliphatic rings. The lowest BCUT2D eigenvalue weighted by molar-refractivity contribution is 0.214. The maximum Gasteiger partial charge on any atom is 0.119 e. The van der Waals surface area contributed by atoms with Crippen LogP contribution in [0.3, 0.4) is 0 Å². The van der Waals surface area contributed by atoms with Gasteiger partial charge in [-0.15, -0.1) is 0 Å². The number of halogens is 1. The van der Waals surface area contributed by atoms with E-state index >= 15 is 0 Å². The lowest BCUT2D eigenvalue weighted by Crippen LogP contribution is -2.31. The Balaban J connectivity index is 1.96. The van der Waals surface area contributed by atoms with Crippen LogP contribution in [0.1, 0.15) is 20.3 Å². The van der Waals surface area contributed by atoms with Gasteiger partial charge in [-0.05, 0) is 38.1 Å². The van der Waals surface area contributed by atoms with Crippen LogP contribution in [0.5, 0.6) is 5.75 Å². The molecule has 1 aliphatic heterocycles. The minimum absolute atomic E-state index is 0.208. The van der Waals surface area contributed by atoms with Gasteiger partial charge in [0.25, 0.3) is 0 Å². The molecule has 0 aromatic heterocycles. The lowest BCUT2D eigenvalue weighted by Gasteiger charge is -2.17. The molecule has 0 saturated carbocycles. The van der Waals surface area contributed by atoms with Crippen molar-refractivity contribution in [2.45, 2.75) is 31.9 Å². The predicted octanol–water partition coefficient (Wildman–Crippen LogP) is 2.97. The molecule has 1 atom stereocenters. The van der Waals surface area contributed by atoms with Crippen LogP contribution in [0.2, 0.25) is 0 Å². The molecule has 1 N–H and O–H groups in total. The molecule has 15 heavy (non-hydrogen) atoms. The number of rotatable bonds is 2. The van der Waals surface area contributed by atoms with Gasteiger partial charge in [-0.2, -0.15) is 0 Å². The average molecular weight is 270 g/mol. The van der Waals surface area contributed by atoms with Crippen molar-refractivity contribution in [2.75, 3.05) is 6.54 Å². The SMILES string of the molecule is CC1(C)CC(Oc2ccc(Br)cc2)CN1. The van der Waals surface area contributed by atoms with Gasteiger partial charge < -0.3 is 10.1 Å². The van der Waals surface area contributed by atoms with E-state index in [0.29, 0.717) is 6.10 Å². The second-order valence-corrected chi connectivity index (χ2v) is 5.58. The quantitative estimate of drug-likeness (QED) is 0.892.